The van der Waals surface area contributed by atoms with Gasteiger partial charge in [-0.15, -0.1) is 0 Å². The summed E-state index contributed by atoms with van der Waals surface area (Å²) in [6.45, 7) is 5.66. The Labute approximate surface area is 160 Å². The lowest BCUT2D eigenvalue weighted by Gasteiger charge is -2.16. The third-order valence-electron chi connectivity index (χ3n) is 4.52. The van der Waals surface area contributed by atoms with Crippen LogP contribution in [0.5, 0.6) is 0 Å². The van der Waals surface area contributed by atoms with Gasteiger partial charge in [-0.3, -0.25) is 0 Å². The van der Waals surface area contributed by atoms with Crippen molar-refractivity contribution in [1.82, 2.24) is 0 Å². The van der Waals surface area contributed by atoms with Crippen LogP contribution < -0.4 is 5.30 Å². The van der Waals surface area contributed by atoms with Gasteiger partial charge in [0.15, 0.2) is 11.1 Å². The molecule has 0 aliphatic rings. The molecule has 1 atom stereocenters. The van der Waals surface area contributed by atoms with E-state index in [1.807, 2.05) is 20.8 Å². The Bertz CT molecular complexity index is 1150. The number of ether oxygens (including phenoxy) is 1. The van der Waals surface area contributed by atoms with Crippen LogP contribution in [0.15, 0.2) is 66.7 Å². The van der Waals surface area contributed by atoms with Crippen molar-refractivity contribution >= 4 is 57.6 Å². The lowest BCUT2D eigenvalue weighted by Crippen LogP contribution is -2.24. The topological polar surface area (TPSA) is 26.3 Å². The van der Waals surface area contributed by atoms with Gasteiger partial charge in [-0.25, -0.2) is 4.79 Å². The van der Waals surface area contributed by atoms with Crippen LogP contribution in [0.3, 0.4) is 0 Å². The minimum absolute atomic E-state index is 0.259. The molecule has 0 radical (unpaired) electrons. The molecule has 4 rings (SSSR count). The van der Waals surface area contributed by atoms with Crippen molar-refractivity contribution in [3.8, 4) is 0 Å². The van der Waals surface area contributed by atoms with E-state index in [4.69, 9.17) is 4.74 Å². The summed E-state index contributed by atoms with van der Waals surface area (Å²) in [5, 5.41) is 8.60. The first kappa shape index (κ1) is 17.7. The van der Waals surface area contributed by atoms with Gasteiger partial charge in [-0.05, 0) is 53.8 Å². The summed E-state index contributed by atoms with van der Waals surface area (Å²) >= 11 is 0. The van der Waals surface area contributed by atoms with Crippen molar-refractivity contribution in [3.63, 3.8) is 0 Å². The molecule has 0 aliphatic heterocycles. The Morgan fingerprint density at radius 1 is 0.778 bits per heavy atom. The van der Waals surface area contributed by atoms with E-state index in [0.717, 1.165) is 0 Å². The van der Waals surface area contributed by atoms with E-state index < -0.39 is 5.60 Å². The molecule has 0 fully saturated rings. The molecule has 2 nitrogen and oxygen atoms in total. The summed E-state index contributed by atoms with van der Waals surface area (Å²) in [5.41, 5.74) is -0.473. The monoisotopic (exact) mass is 373 g/mol. The number of rotatable bonds is 2. The summed E-state index contributed by atoms with van der Waals surface area (Å²) in [4.78, 5) is 12.2. The molecule has 1 unspecified atom stereocenters. The van der Waals surface area contributed by atoms with Crippen LogP contribution in [0.1, 0.15) is 20.8 Å². The molecule has 0 saturated heterocycles. The van der Waals surface area contributed by atoms with Crippen LogP contribution in [-0.4, -0.2) is 17.4 Å². The van der Waals surface area contributed by atoms with Crippen LogP contribution in [0, 0.1) is 0 Å². The molecule has 0 amide bonds. The van der Waals surface area contributed by atoms with Crippen molar-refractivity contribution < 1.29 is 9.53 Å². The van der Waals surface area contributed by atoms with Gasteiger partial charge in [-0.2, -0.15) is 0 Å². The molecule has 3 heteroatoms. The SMILES string of the molecule is CC(C)(C)OC(=O)C=[PH+]c1cccc2c3ccccc3c3ccccc3c12. The quantitative estimate of drug-likeness (QED) is 0.260. The molecule has 0 aliphatic carbocycles. The highest BCUT2D eigenvalue weighted by atomic mass is 31.1. The fourth-order valence-electron chi connectivity index (χ4n) is 3.54. The second-order valence-corrected chi connectivity index (χ2v) is 8.76. The van der Waals surface area contributed by atoms with E-state index in [2.05, 4.69) is 66.7 Å². The number of carbonyl (C=O) groups excluding carboxylic acids is 1. The molecule has 0 N–H and O–H groups in total. The Kier molecular flexibility index (Phi) is 4.45. The van der Waals surface area contributed by atoms with Crippen molar-refractivity contribution in [2.75, 3.05) is 0 Å². The predicted octanol–water partition coefficient (Wildman–Crippen LogP) is 5.59. The first-order valence-electron chi connectivity index (χ1n) is 9.09. The van der Waals surface area contributed by atoms with Crippen molar-refractivity contribution in [2.24, 2.45) is 0 Å². The third kappa shape index (κ3) is 3.46. The van der Waals surface area contributed by atoms with Gasteiger partial charge in [0.2, 0.25) is 0 Å². The maximum atomic E-state index is 12.2. The van der Waals surface area contributed by atoms with Gasteiger partial charge in [-0.1, -0.05) is 60.7 Å². The Morgan fingerprint density at radius 3 is 1.81 bits per heavy atom. The average molecular weight is 373 g/mol. The Hall–Kier alpha value is -2.70. The van der Waals surface area contributed by atoms with Crippen LogP contribution in [0.4, 0.5) is 0 Å². The van der Waals surface area contributed by atoms with Gasteiger partial charge >= 0.3 is 5.97 Å². The molecule has 4 aromatic rings. The van der Waals surface area contributed by atoms with E-state index >= 15 is 0 Å². The molecule has 134 valence electrons. The van der Waals surface area contributed by atoms with Crippen LogP contribution >= 0.6 is 8.20 Å². The van der Waals surface area contributed by atoms with E-state index in [1.54, 1.807) is 5.80 Å². The largest absolute Gasteiger partial charge is 0.454 e. The average Bonchev–Trinajstić information content (AvgIpc) is 2.65. The minimum atomic E-state index is -0.473. The van der Waals surface area contributed by atoms with Crippen LogP contribution in [0.25, 0.3) is 32.3 Å². The maximum absolute atomic E-state index is 12.2. The molecular formula is C24H22O2P+. The Morgan fingerprint density at radius 2 is 1.26 bits per heavy atom. The van der Waals surface area contributed by atoms with Gasteiger partial charge in [0.1, 0.15) is 13.8 Å². The smallest absolute Gasteiger partial charge is 0.374 e. The molecule has 0 bridgehead atoms. The summed E-state index contributed by atoms with van der Waals surface area (Å²) in [6.07, 6.45) is 0. The summed E-state index contributed by atoms with van der Waals surface area (Å²) < 4.78 is 5.44. The number of hydrogen-bond donors (Lipinski definition) is 0. The number of esters is 1. The number of hydrogen-bond acceptors (Lipinski definition) is 2. The highest BCUT2D eigenvalue weighted by Gasteiger charge is 2.18. The maximum Gasteiger partial charge on any atom is 0.374 e. The number of fused-ring (bicyclic) bond motifs is 6. The zero-order valence-electron chi connectivity index (χ0n) is 15.7. The van der Waals surface area contributed by atoms with Crippen molar-refractivity contribution in [2.45, 2.75) is 26.4 Å². The van der Waals surface area contributed by atoms with Crippen molar-refractivity contribution in [1.29, 1.82) is 0 Å². The molecular weight excluding hydrogens is 351 g/mol. The van der Waals surface area contributed by atoms with Gasteiger partial charge in [0.05, 0.1) is 0 Å². The van der Waals surface area contributed by atoms with Crippen LogP contribution in [-0.2, 0) is 9.53 Å². The second-order valence-electron chi connectivity index (χ2n) is 7.64. The van der Waals surface area contributed by atoms with E-state index in [9.17, 15) is 4.79 Å². The van der Waals surface area contributed by atoms with Gasteiger partial charge in [0, 0.05) is 5.39 Å². The lowest BCUT2D eigenvalue weighted by molar-refractivity contribution is -0.145. The third-order valence-corrected chi connectivity index (χ3v) is 5.63. The van der Waals surface area contributed by atoms with Crippen molar-refractivity contribution in [3.05, 3.63) is 66.7 Å². The minimum Gasteiger partial charge on any atom is -0.454 e. The van der Waals surface area contributed by atoms with Crippen LogP contribution in [0.2, 0.25) is 0 Å². The molecule has 0 heterocycles. The first-order chi connectivity index (χ1) is 12.9. The normalized spacial score (nSPS) is 12.3. The Balaban J connectivity index is 1.97. The van der Waals surface area contributed by atoms with E-state index in [1.165, 1.54) is 37.6 Å². The zero-order chi connectivity index (χ0) is 19.0. The molecule has 0 aromatic heterocycles. The second kappa shape index (κ2) is 6.79. The van der Waals surface area contributed by atoms with E-state index in [0.29, 0.717) is 0 Å². The molecule has 27 heavy (non-hydrogen) atoms. The summed E-state index contributed by atoms with van der Waals surface area (Å²) in [6, 6.07) is 23.4. The lowest BCUT2D eigenvalue weighted by atomic mass is 9.94. The summed E-state index contributed by atoms with van der Waals surface area (Å²) in [5.74, 6) is 1.41. The fourth-order valence-corrected chi connectivity index (χ4v) is 4.48. The molecule has 4 aromatic carbocycles. The highest BCUT2D eigenvalue weighted by molar-refractivity contribution is 7.50. The highest BCUT2D eigenvalue weighted by Crippen LogP contribution is 2.34. The number of benzene rings is 4. The summed E-state index contributed by atoms with van der Waals surface area (Å²) in [7, 11) is 0.259. The van der Waals surface area contributed by atoms with E-state index in [-0.39, 0.29) is 14.2 Å². The number of carbonyl (C=O) groups is 1. The first-order valence-corrected chi connectivity index (χ1v) is 10.2. The fraction of sp³-hybridized carbons (Fsp3) is 0.167. The molecule has 0 saturated carbocycles. The van der Waals surface area contributed by atoms with Gasteiger partial charge < -0.3 is 4.74 Å². The zero-order valence-corrected chi connectivity index (χ0v) is 16.7. The van der Waals surface area contributed by atoms with Gasteiger partial charge in [0.25, 0.3) is 0 Å². The predicted molar refractivity (Wildman–Crippen MR) is 119 cm³/mol. The standard InChI is InChI=1S/C24H21O2P/c1-24(2,3)26-22(25)15-27-21-14-8-13-20-18-10-5-4-9-16(18)17-11-6-7-12-19(17)23(20)21/h4-15H,1-3H3/p+1. The molecule has 0 spiro atoms.